The predicted octanol–water partition coefficient (Wildman–Crippen LogP) is 1.37. The van der Waals surface area contributed by atoms with Gasteiger partial charge < -0.3 is 10.2 Å². The molecule has 0 aliphatic carbocycles. The van der Waals surface area contributed by atoms with E-state index in [0.717, 1.165) is 23.6 Å². The molecule has 1 amide bonds. The number of hydrogen-bond acceptors (Lipinski definition) is 4. The first-order chi connectivity index (χ1) is 9.78. The van der Waals surface area contributed by atoms with Crippen molar-refractivity contribution in [1.82, 2.24) is 10.3 Å². The lowest BCUT2D eigenvalue weighted by atomic mass is 10.1. The molecule has 0 atom stereocenters. The minimum atomic E-state index is -0.0330. The van der Waals surface area contributed by atoms with Crippen LogP contribution in [0.4, 0.5) is 5.82 Å². The number of hydrogen-bond donors (Lipinski definition) is 1. The number of carbonyl (C=O) groups excluding carboxylic acids is 2. The summed E-state index contributed by atoms with van der Waals surface area (Å²) in [6.07, 6.45) is 1.65. The normalized spacial score (nSPS) is 15.8. The first-order valence-electron chi connectivity index (χ1n) is 6.64. The Bertz CT molecular complexity index is 669. The van der Waals surface area contributed by atoms with E-state index < -0.39 is 0 Å². The van der Waals surface area contributed by atoms with Crippen LogP contribution in [0.15, 0.2) is 30.3 Å². The van der Waals surface area contributed by atoms with E-state index in [4.69, 9.17) is 0 Å². The van der Waals surface area contributed by atoms with Crippen molar-refractivity contribution >= 4 is 28.9 Å². The van der Waals surface area contributed by atoms with Gasteiger partial charge in [-0.25, -0.2) is 4.98 Å². The van der Waals surface area contributed by atoms with Crippen molar-refractivity contribution in [2.75, 3.05) is 24.5 Å². The van der Waals surface area contributed by atoms with Gasteiger partial charge in [-0.1, -0.05) is 18.2 Å². The predicted molar refractivity (Wildman–Crippen MR) is 77.0 cm³/mol. The number of aldehydes is 1. The van der Waals surface area contributed by atoms with Crippen molar-refractivity contribution in [3.8, 4) is 0 Å². The van der Waals surface area contributed by atoms with Crippen molar-refractivity contribution in [3.63, 3.8) is 0 Å². The zero-order valence-corrected chi connectivity index (χ0v) is 11.0. The molecule has 1 aliphatic rings. The highest BCUT2D eigenvalue weighted by Gasteiger charge is 2.19. The number of pyridine rings is 1. The van der Waals surface area contributed by atoms with Crippen LogP contribution < -0.4 is 10.2 Å². The summed E-state index contributed by atoms with van der Waals surface area (Å²) in [6, 6.07) is 9.49. The van der Waals surface area contributed by atoms with Gasteiger partial charge in [0.25, 0.3) is 0 Å². The Morgan fingerprint density at radius 1 is 1.30 bits per heavy atom. The minimum absolute atomic E-state index is 0.0330. The zero-order valence-electron chi connectivity index (χ0n) is 11.0. The second-order valence-electron chi connectivity index (χ2n) is 4.84. The Morgan fingerprint density at radius 2 is 2.15 bits per heavy atom. The van der Waals surface area contributed by atoms with Crippen LogP contribution in [0.1, 0.15) is 16.8 Å². The summed E-state index contributed by atoms with van der Waals surface area (Å²) in [7, 11) is 0. The standard InChI is InChI=1S/C15H15N3O2/c19-10-12-8-11-4-1-2-5-13(11)17-15(12)18-7-3-6-16-14(20)9-18/h1-2,4-5,8,10H,3,6-7,9H2,(H,16,20). The molecule has 5 heteroatoms. The number of para-hydroxylation sites is 1. The highest BCUT2D eigenvalue weighted by atomic mass is 16.2. The van der Waals surface area contributed by atoms with E-state index in [1.54, 1.807) is 0 Å². The van der Waals surface area contributed by atoms with Crippen LogP contribution >= 0.6 is 0 Å². The van der Waals surface area contributed by atoms with Gasteiger partial charge in [0.05, 0.1) is 17.6 Å². The van der Waals surface area contributed by atoms with Crippen molar-refractivity contribution in [1.29, 1.82) is 0 Å². The summed E-state index contributed by atoms with van der Waals surface area (Å²) in [5, 5.41) is 3.75. The van der Waals surface area contributed by atoms with Crippen molar-refractivity contribution in [2.24, 2.45) is 0 Å². The Morgan fingerprint density at radius 3 is 3.00 bits per heavy atom. The Hall–Kier alpha value is -2.43. The third-order valence-corrected chi connectivity index (χ3v) is 3.42. The molecular weight excluding hydrogens is 254 g/mol. The van der Waals surface area contributed by atoms with Gasteiger partial charge in [0.1, 0.15) is 5.82 Å². The highest BCUT2D eigenvalue weighted by molar-refractivity contribution is 5.93. The maximum atomic E-state index is 11.7. The molecule has 1 saturated heterocycles. The summed E-state index contributed by atoms with van der Waals surface area (Å²) >= 11 is 0. The third kappa shape index (κ3) is 2.34. The monoisotopic (exact) mass is 269 g/mol. The molecule has 102 valence electrons. The zero-order chi connectivity index (χ0) is 13.9. The molecular formula is C15H15N3O2. The number of aromatic nitrogens is 1. The Kier molecular flexibility index (Phi) is 3.33. The number of fused-ring (bicyclic) bond motifs is 1. The van der Waals surface area contributed by atoms with Gasteiger partial charge in [-0.3, -0.25) is 9.59 Å². The van der Waals surface area contributed by atoms with E-state index in [-0.39, 0.29) is 12.5 Å². The smallest absolute Gasteiger partial charge is 0.239 e. The largest absolute Gasteiger partial charge is 0.354 e. The molecule has 1 fully saturated rings. The molecule has 0 radical (unpaired) electrons. The number of benzene rings is 1. The lowest BCUT2D eigenvalue weighted by Gasteiger charge is -2.22. The third-order valence-electron chi connectivity index (χ3n) is 3.42. The van der Waals surface area contributed by atoms with Crippen LogP contribution in [-0.4, -0.2) is 36.8 Å². The second kappa shape index (κ2) is 5.28. The number of amides is 1. The molecule has 0 bridgehead atoms. The summed E-state index contributed by atoms with van der Waals surface area (Å²) in [6.45, 7) is 1.62. The molecule has 1 N–H and O–H groups in total. The van der Waals surface area contributed by atoms with Gasteiger partial charge in [-0.05, 0) is 18.6 Å². The SMILES string of the molecule is O=Cc1cc2ccccc2nc1N1CCCNC(=O)C1. The quantitative estimate of drug-likeness (QED) is 0.836. The van der Waals surface area contributed by atoms with E-state index in [1.807, 2.05) is 35.2 Å². The van der Waals surface area contributed by atoms with Crippen LogP contribution in [0, 0.1) is 0 Å². The van der Waals surface area contributed by atoms with Crippen LogP contribution in [0.2, 0.25) is 0 Å². The molecule has 0 unspecified atom stereocenters. The van der Waals surface area contributed by atoms with Crippen LogP contribution in [-0.2, 0) is 4.79 Å². The summed E-state index contributed by atoms with van der Waals surface area (Å²) in [5.41, 5.74) is 1.36. The van der Waals surface area contributed by atoms with Gasteiger partial charge in [-0.2, -0.15) is 0 Å². The average molecular weight is 269 g/mol. The molecule has 3 rings (SSSR count). The molecule has 2 aromatic rings. The van der Waals surface area contributed by atoms with Gasteiger partial charge in [0, 0.05) is 18.5 Å². The maximum absolute atomic E-state index is 11.7. The van der Waals surface area contributed by atoms with Gasteiger partial charge >= 0.3 is 0 Å². The molecule has 0 spiro atoms. The van der Waals surface area contributed by atoms with Crippen molar-refractivity contribution in [3.05, 3.63) is 35.9 Å². The number of carbonyl (C=O) groups is 2. The van der Waals surface area contributed by atoms with E-state index in [9.17, 15) is 9.59 Å². The molecule has 5 nitrogen and oxygen atoms in total. The number of anilines is 1. The molecule has 20 heavy (non-hydrogen) atoms. The maximum Gasteiger partial charge on any atom is 0.239 e. The van der Waals surface area contributed by atoms with E-state index in [0.29, 0.717) is 24.5 Å². The fourth-order valence-electron chi connectivity index (χ4n) is 2.45. The van der Waals surface area contributed by atoms with E-state index >= 15 is 0 Å². The molecule has 1 aromatic carbocycles. The van der Waals surface area contributed by atoms with Crippen LogP contribution in [0.3, 0.4) is 0 Å². The fourth-order valence-corrected chi connectivity index (χ4v) is 2.45. The van der Waals surface area contributed by atoms with Gasteiger partial charge in [0.2, 0.25) is 5.91 Å². The fraction of sp³-hybridized carbons (Fsp3) is 0.267. The number of nitrogens with zero attached hydrogens (tertiary/aromatic N) is 2. The number of nitrogens with one attached hydrogen (secondary N) is 1. The molecule has 0 saturated carbocycles. The van der Waals surface area contributed by atoms with Crippen molar-refractivity contribution in [2.45, 2.75) is 6.42 Å². The van der Waals surface area contributed by atoms with E-state index in [2.05, 4.69) is 10.3 Å². The van der Waals surface area contributed by atoms with E-state index in [1.165, 1.54) is 0 Å². The molecule has 1 aliphatic heterocycles. The summed E-state index contributed by atoms with van der Waals surface area (Å²) in [5.74, 6) is 0.560. The average Bonchev–Trinajstić information content (AvgIpc) is 2.70. The summed E-state index contributed by atoms with van der Waals surface area (Å²) in [4.78, 5) is 29.4. The molecule has 2 heterocycles. The first-order valence-corrected chi connectivity index (χ1v) is 6.64. The number of rotatable bonds is 2. The van der Waals surface area contributed by atoms with Gasteiger partial charge in [-0.15, -0.1) is 0 Å². The molecule has 1 aromatic heterocycles. The topological polar surface area (TPSA) is 62.3 Å². The van der Waals surface area contributed by atoms with Crippen molar-refractivity contribution < 1.29 is 9.59 Å². The van der Waals surface area contributed by atoms with Crippen LogP contribution in [0.5, 0.6) is 0 Å². The second-order valence-corrected chi connectivity index (χ2v) is 4.84. The van der Waals surface area contributed by atoms with Gasteiger partial charge in [0.15, 0.2) is 6.29 Å². The summed E-state index contributed by atoms with van der Waals surface area (Å²) < 4.78 is 0. The Balaban J connectivity index is 2.08. The lowest BCUT2D eigenvalue weighted by molar-refractivity contribution is -0.119. The van der Waals surface area contributed by atoms with Crippen LogP contribution in [0.25, 0.3) is 10.9 Å². The highest BCUT2D eigenvalue weighted by Crippen LogP contribution is 2.23. The first kappa shape index (κ1) is 12.6. The minimum Gasteiger partial charge on any atom is -0.354 e. The Labute approximate surface area is 116 Å². The lowest BCUT2D eigenvalue weighted by Crippen LogP contribution is -2.34.